The monoisotopic (exact) mass is 523 g/mol. The molecule has 2 rings (SSSR count). The number of halogens is 2. The van der Waals surface area contributed by atoms with E-state index in [1.54, 1.807) is 6.66 Å². The van der Waals surface area contributed by atoms with E-state index < -0.39 is 19.4 Å². The van der Waals surface area contributed by atoms with Gasteiger partial charge in [-0.05, 0) is 0 Å². The molecule has 0 aromatic carbocycles. The van der Waals surface area contributed by atoms with Crippen molar-refractivity contribution in [2.75, 3.05) is 13.1 Å². The molecule has 0 fully saturated rings. The van der Waals surface area contributed by atoms with Crippen molar-refractivity contribution >= 4 is 31.5 Å². The second kappa shape index (κ2) is 10.8. The normalized spacial score (nSPS) is 16.5. The van der Waals surface area contributed by atoms with Gasteiger partial charge in [0.2, 0.25) is 0 Å². The van der Waals surface area contributed by atoms with Gasteiger partial charge >= 0.3 is 130 Å². The average molecular weight is 523 g/mol. The molecular weight excluding hydrogens is 496 g/mol. The number of hydrogen-bond acceptors (Lipinski definition) is 1. The first-order valence-electron chi connectivity index (χ1n) is 7.48. The summed E-state index contributed by atoms with van der Waals surface area (Å²) in [5.74, 6) is 0. The first-order valence-corrected chi connectivity index (χ1v) is 22.4. The van der Waals surface area contributed by atoms with Gasteiger partial charge in [0.05, 0.1) is 0 Å². The van der Waals surface area contributed by atoms with E-state index in [2.05, 4.69) is 71.2 Å². The molecule has 0 saturated carbocycles. The van der Waals surface area contributed by atoms with Gasteiger partial charge in [-0.2, -0.15) is 0 Å². The molecule has 0 unspecified atom stereocenters. The molecule has 2 aliphatic carbocycles. The van der Waals surface area contributed by atoms with Gasteiger partial charge in [-0.1, -0.05) is 0 Å². The van der Waals surface area contributed by atoms with Gasteiger partial charge in [0.15, 0.2) is 0 Å². The first-order chi connectivity index (χ1) is 9.79. The van der Waals surface area contributed by atoms with Crippen molar-refractivity contribution in [3.63, 3.8) is 0 Å². The molecule has 0 bridgehead atoms. The predicted molar refractivity (Wildman–Crippen MR) is 105 cm³/mol. The minimum Gasteiger partial charge on any atom is -0.147 e. The van der Waals surface area contributed by atoms with Crippen LogP contribution in [0.2, 0.25) is 6.55 Å². The third-order valence-electron chi connectivity index (χ3n) is 4.36. The van der Waals surface area contributed by atoms with Crippen LogP contribution in [0.1, 0.15) is 12.8 Å². The fraction of sp³-hybridized carbons (Fsp3) is 0.294. The van der Waals surface area contributed by atoms with Gasteiger partial charge in [-0.15, -0.1) is 24.8 Å². The predicted octanol–water partition coefficient (Wildman–Crippen LogP) is 4.39. The number of nitrogens with zero attached hydrogens (tertiary/aromatic N) is 1. The van der Waals surface area contributed by atoms with E-state index in [4.69, 9.17) is 0 Å². The Morgan fingerprint density at radius 2 is 1.50 bits per heavy atom. The fourth-order valence-corrected chi connectivity index (χ4v) is 39.4. The quantitative estimate of drug-likeness (QED) is 0.338. The van der Waals surface area contributed by atoms with E-state index in [1.165, 1.54) is 12.8 Å². The van der Waals surface area contributed by atoms with Crippen LogP contribution in [0, 0.1) is 0 Å². The average Bonchev–Trinajstić information content (AvgIpc) is 3.14. The first kappa shape index (κ1) is 22.1. The van der Waals surface area contributed by atoms with Gasteiger partial charge < -0.3 is 0 Å². The van der Waals surface area contributed by atoms with Crippen LogP contribution >= 0.6 is 24.8 Å². The van der Waals surface area contributed by atoms with Crippen molar-refractivity contribution in [1.29, 1.82) is 0 Å². The van der Waals surface area contributed by atoms with Gasteiger partial charge in [-0.25, -0.2) is 0 Å². The molecule has 0 aromatic heterocycles. The molecular formula is C17H27Cl2HfNSi. The summed E-state index contributed by atoms with van der Waals surface area (Å²) in [6.07, 6.45) is 20.6. The smallest absolute Gasteiger partial charge is 0.147 e. The Kier molecular flexibility index (Phi) is 10.8. The Bertz CT molecular complexity index is 469. The van der Waals surface area contributed by atoms with Crippen LogP contribution in [0.25, 0.3) is 0 Å². The summed E-state index contributed by atoms with van der Waals surface area (Å²) in [6, 6.07) is 0. The molecule has 0 amide bonds. The Hall–Kier alpha value is 0.0670. The maximum atomic E-state index is 3.99. The summed E-state index contributed by atoms with van der Waals surface area (Å²) in [7, 11) is 0. The van der Waals surface area contributed by atoms with Crippen molar-refractivity contribution in [3.8, 4) is 0 Å². The van der Waals surface area contributed by atoms with Crippen molar-refractivity contribution < 1.29 is 19.4 Å². The Morgan fingerprint density at radius 1 is 1.05 bits per heavy atom. The summed E-state index contributed by atoms with van der Waals surface area (Å²) in [6.45, 7) is 12.4. The third-order valence-corrected chi connectivity index (χ3v) is 43.0. The molecule has 2 aliphatic rings. The van der Waals surface area contributed by atoms with E-state index in [1.807, 2.05) is 0 Å². The van der Waals surface area contributed by atoms with Crippen molar-refractivity contribution in [1.82, 2.24) is 2.89 Å². The van der Waals surface area contributed by atoms with Crippen LogP contribution in [-0.2, 0) is 19.4 Å². The van der Waals surface area contributed by atoms with Gasteiger partial charge in [0.25, 0.3) is 0 Å². The van der Waals surface area contributed by atoms with E-state index in [0.29, 0.717) is 0 Å². The van der Waals surface area contributed by atoms with Crippen molar-refractivity contribution in [3.05, 3.63) is 68.4 Å². The second-order valence-corrected chi connectivity index (χ2v) is 35.1. The number of hydrogen-bond donors (Lipinski definition) is 0. The molecule has 0 N–H and O–H groups in total. The van der Waals surface area contributed by atoms with Crippen LogP contribution in [0.4, 0.5) is 0 Å². The summed E-state index contributed by atoms with van der Waals surface area (Å²) in [4.78, 5) is 0. The third kappa shape index (κ3) is 4.33. The standard InChI is InChI=1S/C6H10N.2C5H5.CH5Si.2ClH.Hf/c1-3-5-7-6-4-2;2*1-2-4-5-3-1;1-2;;;/h3-4H,1-2,5-6H2;2*1-3H,4H2;2H2,1H3;2*1H;/q-1;;;;;;+1. The van der Waals surface area contributed by atoms with Gasteiger partial charge in [0, 0.05) is 0 Å². The van der Waals surface area contributed by atoms with Gasteiger partial charge in [0.1, 0.15) is 0 Å². The summed E-state index contributed by atoms with van der Waals surface area (Å²) < 4.78 is 6.35. The van der Waals surface area contributed by atoms with Gasteiger partial charge in [-0.3, -0.25) is 0 Å². The molecule has 0 spiro atoms. The largest absolute Gasteiger partial charge is 0.147 e. The van der Waals surface area contributed by atoms with E-state index in [-0.39, 0.29) is 31.5 Å². The fourth-order valence-electron chi connectivity index (χ4n) is 3.50. The number of rotatable bonds is 8. The van der Waals surface area contributed by atoms with Crippen molar-refractivity contribution in [2.45, 2.75) is 19.4 Å². The van der Waals surface area contributed by atoms with E-state index in [9.17, 15) is 0 Å². The van der Waals surface area contributed by atoms with Crippen LogP contribution < -0.4 is 0 Å². The van der Waals surface area contributed by atoms with Crippen molar-refractivity contribution in [2.24, 2.45) is 0 Å². The molecule has 1 nitrogen and oxygen atoms in total. The second-order valence-electron chi connectivity index (χ2n) is 5.34. The molecule has 22 heavy (non-hydrogen) atoms. The zero-order valence-corrected chi connectivity index (χ0v) is 20.0. The zero-order chi connectivity index (χ0) is 14.4. The summed E-state index contributed by atoms with van der Waals surface area (Å²) in [5, 5.41) is 0. The Labute approximate surface area is 154 Å². The Morgan fingerprint density at radius 3 is 1.77 bits per heavy atom. The molecule has 0 saturated heterocycles. The molecule has 0 heterocycles. The maximum Gasteiger partial charge on any atom is -0.147 e. The van der Waals surface area contributed by atoms with Crippen LogP contribution in [0.5, 0.6) is 0 Å². The topological polar surface area (TPSA) is 3.24 Å². The summed E-state index contributed by atoms with van der Waals surface area (Å²) in [5.41, 5.74) is 0. The van der Waals surface area contributed by atoms with Crippen LogP contribution in [0.3, 0.4) is 0 Å². The van der Waals surface area contributed by atoms with Crippen LogP contribution in [0.15, 0.2) is 68.4 Å². The maximum absolute atomic E-state index is 3.99. The van der Waals surface area contributed by atoms with E-state index in [0.717, 1.165) is 13.1 Å². The molecule has 0 radical (unpaired) electrons. The molecule has 122 valence electrons. The molecule has 0 aromatic rings. The molecule has 5 heteroatoms. The minimum atomic E-state index is -2.73. The SMILES string of the molecule is C=CC[N](CC=C)[Hf]([SiH2]C)([C]1=CC=CC1)[C]1=CC=CC1.Cl.Cl. The Balaban J connectivity index is 0.00000220. The zero-order valence-electron chi connectivity index (χ0n) is 13.3. The van der Waals surface area contributed by atoms with E-state index >= 15 is 0 Å². The molecule has 0 atom stereocenters. The molecule has 0 aliphatic heterocycles. The summed E-state index contributed by atoms with van der Waals surface area (Å²) >= 11 is -2.73. The van der Waals surface area contributed by atoms with Crippen LogP contribution in [-0.4, -0.2) is 22.7 Å². The number of allylic oxidation sites excluding steroid dienone is 8. The minimum absolute atomic E-state index is 0.